The summed E-state index contributed by atoms with van der Waals surface area (Å²) in [6.45, 7) is 11.7. The molecule has 12 nitrogen and oxygen atoms in total. The minimum Gasteiger partial charge on any atom is -0.443 e. The van der Waals surface area contributed by atoms with Crippen LogP contribution in [0.5, 0.6) is 0 Å². The summed E-state index contributed by atoms with van der Waals surface area (Å²) in [6, 6.07) is -3.63. The van der Waals surface area contributed by atoms with Gasteiger partial charge in [-0.3, -0.25) is 19.2 Å². The maximum atomic E-state index is 14.0. The summed E-state index contributed by atoms with van der Waals surface area (Å²) in [4.78, 5) is 80.0. The number of hydrogen-bond donors (Lipinski definition) is 4. The van der Waals surface area contributed by atoms with Gasteiger partial charge in [-0.2, -0.15) is 0 Å². The van der Waals surface area contributed by atoms with E-state index in [0.717, 1.165) is 32.1 Å². The second-order valence-corrected chi connectivity index (χ2v) is 13.8. The number of alkyl carbamates (subject to hydrolysis) is 1. The van der Waals surface area contributed by atoms with Crippen molar-refractivity contribution in [2.75, 3.05) is 13.1 Å². The number of imide groups is 1. The molecule has 0 spiro atoms. The lowest BCUT2D eigenvalue weighted by Gasteiger charge is -2.34. The molecule has 3 fully saturated rings. The lowest BCUT2D eigenvalue weighted by Crippen LogP contribution is -2.59. The molecular formula is C31H51N5O7. The third-order valence-electron chi connectivity index (χ3n) is 8.86. The number of piperidine rings is 1. The molecule has 0 radical (unpaired) electrons. The van der Waals surface area contributed by atoms with Crippen molar-refractivity contribution in [3.8, 4) is 0 Å². The molecule has 2 heterocycles. The molecule has 3 aliphatic rings. The fraction of sp³-hybridized carbons (Fsp3) is 0.806. The van der Waals surface area contributed by atoms with E-state index in [1.165, 1.54) is 4.90 Å². The highest BCUT2D eigenvalue weighted by molar-refractivity contribution is 6.38. The molecule has 0 aromatic rings. The summed E-state index contributed by atoms with van der Waals surface area (Å²) in [7, 11) is 0. The molecule has 242 valence electrons. The number of nitrogens with zero attached hydrogens (tertiary/aromatic N) is 1. The number of Topliss-reactive ketones (excluding diaryl/α,β-unsaturated/α-hetero) is 1. The van der Waals surface area contributed by atoms with Gasteiger partial charge < -0.3 is 25.6 Å². The van der Waals surface area contributed by atoms with Crippen molar-refractivity contribution in [1.29, 1.82) is 0 Å². The molecule has 3 rings (SSSR count). The first-order valence-electron chi connectivity index (χ1n) is 15.9. The summed E-state index contributed by atoms with van der Waals surface area (Å²) in [6.07, 6.45) is 6.44. The number of fused-ring (bicyclic) bond motifs is 3. The SMILES string of the molecule is CCCNC(=O)C(=O)[C@H]1CCCCCCCCC[C@@H](NC(=O)NC(=O)OC(C)(C)C)C(=O)N2C[C@H]3[C@@H]([C@H]2C(=O)N1)C3(C)C. The van der Waals surface area contributed by atoms with E-state index in [9.17, 15) is 28.8 Å². The van der Waals surface area contributed by atoms with Crippen LogP contribution in [-0.4, -0.2) is 77.3 Å². The van der Waals surface area contributed by atoms with E-state index < -0.39 is 59.4 Å². The average Bonchev–Trinajstić information content (AvgIpc) is 3.23. The zero-order chi connectivity index (χ0) is 31.9. The summed E-state index contributed by atoms with van der Waals surface area (Å²) < 4.78 is 5.16. The van der Waals surface area contributed by atoms with E-state index in [4.69, 9.17) is 4.74 Å². The normalized spacial score (nSPS) is 28.0. The van der Waals surface area contributed by atoms with Crippen molar-refractivity contribution in [1.82, 2.24) is 26.2 Å². The summed E-state index contributed by atoms with van der Waals surface area (Å²) in [5, 5.41) is 10.2. The van der Waals surface area contributed by atoms with E-state index in [1.807, 2.05) is 6.92 Å². The number of hydrogen-bond acceptors (Lipinski definition) is 7. The van der Waals surface area contributed by atoms with Crippen LogP contribution in [0, 0.1) is 17.3 Å². The Morgan fingerprint density at radius 1 is 0.977 bits per heavy atom. The first kappa shape index (κ1) is 34.3. The summed E-state index contributed by atoms with van der Waals surface area (Å²) >= 11 is 0. The summed E-state index contributed by atoms with van der Waals surface area (Å²) in [5.41, 5.74) is -0.976. The molecule has 1 aliphatic carbocycles. The minimum absolute atomic E-state index is 0.0903. The molecule has 0 bridgehead atoms. The molecule has 0 unspecified atom stereocenters. The largest absolute Gasteiger partial charge is 0.443 e. The second kappa shape index (κ2) is 14.5. The average molecular weight is 606 g/mol. The fourth-order valence-corrected chi connectivity index (χ4v) is 6.45. The van der Waals surface area contributed by atoms with Crippen molar-refractivity contribution in [3.63, 3.8) is 0 Å². The maximum absolute atomic E-state index is 14.0. The smallest absolute Gasteiger partial charge is 0.415 e. The van der Waals surface area contributed by atoms with Crippen molar-refractivity contribution >= 4 is 35.6 Å². The molecule has 5 atom stereocenters. The molecular weight excluding hydrogens is 554 g/mol. The molecule has 0 aromatic heterocycles. The van der Waals surface area contributed by atoms with Gasteiger partial charge in [-0.1, -0.05) is 65.7 Å². The van der Waals surface area contributed by atoms with E-state index in [-0.39, 0.29) is 17.3 Å². The van der Waals surface area contributed by atoms with Gasteiger partial charge in [0.15, 0.2) is 0 Å². The Labute approximate surface area is 255 Å². The standard InChI is InChI=1S/C31H51N5O7/c1-7-17-32-26(39)24(37)20-15-13-11-9-8-10-12-14-16-21(34-28(41)35-29(42)43-30(2,3)4)27(40)36-18-19-22(31(19,5)6)23(36)25(38)33-20/h19-23H,7-18H2,1-6H3,(H,32,39)(H,33,38)(H2,34,35,41,42)/t19-,20+,21+,22-,23-/m0/s1. The lowest BCUT2D eigenvalue weighted by atomic mass is 9.96. The number of urea groups is 1. The minimum atomic E-state index is -0.983. The quantitative estimate of drug-likeness (QED) is 0.350. The van der Waals surface area contributed by atoms with Crippen LogP contribution in [0.1, 0.15) is 106 Å². The number of nitrogens with one attached hydrogen (secondary N) is 4. The molecule has 1 saturated carbocycles. The Morgan fingerprint density at radius 3 is 2.19 bits per heavy atom. The highest BCUT2D eigenvalue weighted by Gasteiger charge is 2.69. The lowest BCUT2D eigenvalue weighted by molar-refractivity contribution is -0.144. The Morgan fingerprint density at radius 2 is 1.58 bits per heavy atom. The predicted molar refractivity (Wildman–Crippen MR) is 160 cm³/mol. The Bertz CT molecular complexity index is 1070. The highest BCUT2D eigenvalue weighted by Crippen LogP contribution is 2.65. The van der Waals surface area contributed by atoms with Crippen LogP contribution in [0.25, 0.3) is 0 Å². The van der Waals surface area contributed by atoms with E-state index >= 15 is 0 Å². The van der Waals surface area contributed by atoms with Crippen LogP contribution >= 0.6 is 0 Å². The van der Waals surface area contributed by atoms with Crippen LogP contribution in [-0.2, 0) is 23.9 Å². The van der Waals surface area contributed by atoms with Gasteiger partial charge in [0.05, 0.1) is 6.04 Å². The molecule has 2 saturated heterocycles. The van der Waals surface area contributed by atoms with E-state index in [2.05, 4.69) is 35.1 Å². The number of ketones is 1. The monoisotopic (exact) mass is 605 g/mol. The number of rotatable bonds is 5. The van der Waals surface area contributed by atoms with Crippen molar-refractivity contribution in [3.05, 3.63) is 0 Å². The highest BCUT2D eigenvalue weighted by atomic mass is 16.6. The molecule has 6 amide bonds. The van der Waals surface area contributed by atoms with Crippen LogP contribution in [0.4, 0.5) is 9.59 Å². The van der Waals surface area contributed by atoms with Gasteiger partial charge in [0.25, 0.3) is 5.91 Å². The van der Waals surface area contributed by atoms with Crippen molar-refractivity contribution < 1.29 is 33.5 Å². The first-order chi connectivity index (χ1) is 20.2. The molecule has 12 heteroatoms. The Kier molecular flexibility index (Phi) is 11.6. The van der Waals surface area contributed by atoms with Crippen LogP contribution in [0.2, 0.25) is 0 Å². The van der Waals surface area contributed by atoms with Crippen LogP contribution in [0.3, 0.4) is 0 Å². The van der Waals surface area contributed by atoms with Crippen molar-refractivity contribution in [2.45, 2.75) is 129 Å². The van der Waals surface area contributed by atoms with Gasteiger partial charge in [0.1, 0.15) is 17.7 Å². The van der Waals surface area contributed by atoms with Gasteiger partial charge >= 0.3 is 12.1 Å². The third kappa shape index (κ3) is 9.15. The topological polar surface area (TPSA) is 163 Å². The number of carbonyl (C=O) groups is 6. The molecule has 0 aromatic carbocycles. The molecule has 2 aliphatic heterocycles. The van der Waals surface area contributed by atoms with Gasteiger partial charge in [0.2, 0.25) is 17.6 Å². The van der Waals surface area contributed by atoms with Gasteiger partial charge in [-0.25, -0.2) is 14.9 Å². The van der Waals surface area contributed by atoms with Crippen LogP contribution < -0.4 is 21.3 Å². The second-order valence-electron chi connectivity index (χ2n) is 13.8. The predicted octanol–water partition coefficient (Wildman–Crippen LogP) is 3.18. The van der Waals surface area contributed by atoms with Gasteiger partial charge in [-0.15, -0.1) is 0 Å². The van der Waals surface area contributed by atoms with Gasteiger partial charge in [-0.05, 0) is 57.3 Å². The van der Waals surface area contributed by atoms with E-state index in [1.54, 1.807) is 20.8 Å². The zero-order valence-corrected chi connectivity index (χ0v) is 26.7. The third-order valence-corrected chi connectivity index (χ3v) is 8.86. The Hall–Kier alpha value is -3.18. The van der Waals surface area contributed by atoms with E-state index in [0.29, 0.717) is 45.2 Å². The first-order valence-corrected chi connectivity index (χ1v) is 15.9. The van der Waals surface area contributed by atoms with Gasteiger partial charge in [0, 0.05) is 13.1 Å². The number of amides is 6. The van der Waals surface area contributed by atoms with Crippen molar-refractivity contribution in [2.24, 2.45) is 17.3 Å². The zero-order valence-electron chi connectivity index (χ0n) is 26.7. The number of ether oxygens (including phenoxy) is 1. The van der Waals surface area contributed by atoms with Crippen LogP contribution in [0.15, 0.2) is 0 Å². The fourth-order valence-electron chi connectivity index (χ4n) is 6.45. The number of carbonyl (C=O) groups excluding carboxylic acids is 6. The summed E-state index contributed by atoms with van der Waals surface area (Å²) in [5.74, 6) is -2.28. The molecule has 4 N–H and O–H groups in total. The maximum Gasteiger partial charge on any atom is 0.415 e. The molecule has 43 heavy (non-hydrogen) atoms. The Balaban J connectivity index is 1.83.